The zero-order valence-electron chi connectivity index (χ0n) is 18.1. The Kier molecular flexibility index (Phi) is 6.08. The van der Waals surface area contributed by atoms with E-state index < -0.39 is 0 Å². The van der Waals surface area contributed by atoms with Crippen LogP contribution in [0.25, 0.3) is 21.8 Å². The zero-order valence-corrected chi connectivity index (χ0v) is 19.7. The van der Waals surface area contributed by atoms with E-state index in [0.29, 0.717) is 50.1 Å². The maximum absolute atomic E-state index is 13.3. The third-order valence-corrected chi connectivity index (χ3v) is 6.60. The summed E-state index contributed by atoms with van der Waals surface area (Å²) in [4.78, 5) is 37.9. The summed E-state index contributed by atoms with van der Waals surface area (Å²) in [7, 11) is 1.61. The van der Waals surface area contributed by atoms with E-state index in [1.165, 1.54) is 11.8 Å². The average molecular weight is 491 g/mol. The summed E-state index contributed by atoms with van der Waals surface area (Å²) in [5.74, 6) is 1.57. The molecule has 2 aromatic heterocycles. The molecule has 9 heteroatoms. The number of aromatic amines is 1. The molecular weight excluding hydrogens is 472 g/mol. The van der Waals surface area contributed by atoms with Crippen molar-refractivity contribution in [3.8, 4) is 5.75 Å². The molecule has 0 radical (unpaired) electrons. The number of fused-ring (bicyclic) bond motifs is 2. The maximum atomic E-state index is 13.3. The highest BCUT2D eigenvalue weighted by atomic mass is 35.5. The number of H-pyrrole nitrogens is 1. The Balaban J connectivity index is 1.52. The number of nitrogens with one attached hydrogen (secondary N) is 1. The van der Waals surface area contributed by atoms with Crippen LogP contribution in [0.4, 0.5) is 0 Å². The van der Waals surface area contributed by atoms with E-state index >= 15 is 0 Å². The average Bonchev–Trinajstić information content (AvgIpc) is 2.85. The summed E-state index contributed by atoms with van der Waals surface area (Å²) < 4.78 is 6.88. The maximum Gasteiger partial charge on any atom is 0.262 e. The van der Waals surface area contributed by atoms with Crippen molar-refractivity contribution in [1.29, 1.82) is 0 Å². The number of halogens is 1. The molecule has 7 nitrogen and oxygen atoms in total. The van der Waals surface area contributed by atoms with Crippen molar-refractivity contribution in [2.24, 2.45) is 0 Å². The highest BCUT2D eigenvalue weighted by molar-refractivity contribution is 7.98. The minimum Gasteiger partial charge on any atom is -0.497 e. The second-order valence-electron chi connectivity index (χ2n) is 7.61. The van der Waals surface area contributed by atoms with Crippen molar-refractivity contribution in [2.45, 2.75) is 17.5 Å². The van der Waals surface area contributed by atoms with E-state index in [9.17, 15) is 9.59 Å². The normalized spacial score (nSPS) is 11.2. The molecule has 1 N–H and O–H groups in total. The molecule has 0 bridgehead atoms. The Labute approximate surface area is 203 Å². The summed E-state index contributed by atoms with van der Waals surface area (Å²) in [6.07, 6.45) is 0. The number of para-hydroxylation sites is 1. The van der Waals surface area contributed by atoms with Crippen molar-refractivity contribution in [2.75, 3.05) is 7.11 Å². The number of hydrogen-bond donors (Lipinski definition) is 1. The lowest BCUT2D eigenvalue weighted by atomic mass is 10.2. The number of rotatable bonds is 6. The van der Waals surface area contributed by atoms with E-state index in [0.717, 1.165) is 11.3 Å². The van der Waals surface area contributed by atoms with E-state index in [1.807, 2.05) is 42.5 Å². The fourth-order valence-electron chi connectivity index (χ4n) is 3.67. The number of methoxy groups -OCH3 is 1. The SMILES string of the molecule is COc1ccc(Cn2c(SCc3nc4ccc(Cl)cc4c(=O)[nH]3)nc3ccccc3c2=O)cc1. The zero-order chi connectivity index (χ0) is 23.7. The molecule has 0 aliphatic heterocycles. The predicted molar refractivity (Wildman–Crippen MR) is 135 cm³/mol. The van der Waals surface area contributed by atoms with Crippen LogP contribution in [0.2, 0.25) is 5.02 Å². The van der Waals surface area contributed by atoms with Gasteiger partial charge in [0.05, 0.1) is 41.2 Å². The second kappa shape index (κ2) is 9.32. The van der Waals surface area contributed by atoms with Crippen LogP contribution >= 0.6 is 23.4 Å². The number of ether oxygens (including phenoxy) is 1. The molecule has 5 aromatic rings. The Bertz CT molecular complexity index is 1630. The fraction of sp³-hybridized carbons (Fsp3) is 0.120. The third kappa shape index (κ3) is 4.42. The fourth-order valence-corrected chi connectivity index (χ4v) is 4.71. The van der Waals surface area contributed by atoms with Gasteiger partial charge in [0, 0.05) is 5.02 Å². The summed E-state index contributed by atoms with van der Waals surface area (Å²) in [6, 6.07) is 19.8. The summed E-state index contributed by atoms with van der Waals surface area (Å²) >= 11 is 7.35. The summed E-state index contributed by atoms with van der Waals surface area (Å²) in [6.45, 7) is 0.350. The molecule has 2 heterocycles. The van der Waals surface area contributed by atoms with Crippen LogP contribution in [0.15, 0.2) is 81.5 Å². The van der Waals surface area contributed by atoms with Crippen molar-refractivity contribution < 1.29 is 4.74 Å². The number of hydrogen-bond acceptors (Lipinski definition) is 6. The molecule has 0 spiro atoms. The van der Waals surface area contributed by atoms with Crippen molar-refractivity contribution in [1.82, 2.24) is 19.5 Å². The number of thioether (sulfide) groups is 1. The van der Waals surface area contributed by atoms with Gasteiger partial charge in [-0.15, -0.1) is 0 Å². The molecule has 0 amide bonds. The standard InChI is InChI=1S/C25H19ClN4O3S/c1-33-17-9-6-15(7-10-17)13-30-24(32)18-4-2-3-5-20(18)28-25(30)34-14-22-27-21-11-8-16(26)12-19(21)23(31)29-22/h2-12H,13-14H2,1H3,(H,27,29,31). The van der Waals surface area contributed by atoms with Gasteiger partial charge in [0.2, 0.25) is 0 Å². The first-order chi connectivity index (χ1) is 16.5. The molecular formula is C25H19ClN4O3S. The lowest BCUT2D eigenvalue weighted by Gasteiger charge is -2.13. The van der Waals surface area contributed by atoms with Gasteiger partial charge in [0.25, 0.3) is 11.1 Å². The summed E-state index contributed by atoms with van der Waals surface area (Å²) in [5.41, 5.74) is 1.74. The minimum atomic E-state index is -0.259. The highest BCUT2D eigenvalue weighted by Gasteiger charge is 2.14. The van der Waals surface area contributed by atoms with Gasteiger partial charge in [0.15, 0.2) is 5.16 Å². The van der Waals surface area contributed by atoms with Gasteiger partial charge in [-0.3, -0.25) is 14.2 Å². The first kappa shape index (κ1) is 22.2. The third-order valence-electron chi connectivity index (χ3n) is 5.38. The van der Waals surface area contributed by atoms with Crippen molar-refractivity contribution >= 4 is 45.2 Å². The molecule has 170 valence electrons. The van der Waals surface area contributed by atoms with Gasteiger partial charge in [0.1, 0.15) is 11.6 Å². The molecule has 0 saturated heterocycles. The molecule has 34 heavy (non-hydrogen) atoms. The first-order valence-corrected chi connectivity index (χ1v) is 11.8. The summed E-state index contributed by atoms with van der Waals surface area (Å²) in [5, 5.41) is 2.00. The number of benzene rings is 3. The predicted octanol–water partition coefficient (Wildman–Crippen LogP) is 4.64. The lowest BCUT2D eigenvalue weighted by Crippen LogP contribution is -2.24. The molecule has 0 unspecified atom stereocenters. The highest BCUT2D eigenvalue weighted by Crippen LogP contribution is 2.23. The monoisotopic (exact) mass is 490 g/mol. The Hall–Kier alpha value is -3.62. The lowest BCUT2D eigenvalue weighted by molar-refractivity contribution is 0.414. The van der Waals surface area contributed by atoms with Gasteiger partial charge in [-0.1, -0.05) is 47.6 Å². The Morgan fingerprint density at radius 2 is 1.74 bits per heavy atom. The van der Waals surface area contributed by atoms with Crippen LogP contribution in [0, 0.1) is 0 Å². The van der Waals surface area contributed by atoms with Crippen LogP contribution < -0.4 is 15.9 Å². The smallest absolute Gasteiger partial charge is 0.262 e. The van der Waals surface area contributed by atoms with Crippen molar-refractivity contribution in [3.05, 3.63) is 104 Å². The molecule has 0 fully saturated rings. The Morgan fingerprint density at radius 3 is 2.53 bits per heavy atom. The quantitative estimate of drug-likeness (QED) is 0.275. The molecule has 3 aromatic carbocycles. The van der Waals surface area contributed by atoms with Gasteiger partial charge < -0.3 is 9.72 Å². The van der Waals surface area contributed by atoms with Crippen molar-refractivity contribution in [3.63, 3.8) is 0 Å². The molecule has 5 rings (SSSR count). The number of aromatic nitrogens is 4. The van der Waals surface area contributed by atoms with Gasteiger partial charge in [-0.25, -0.2) is 9.97 Å². The molecule has 0 aliphatic rings. The van der Waals surface area contributed by atoms with E-state index in [4.69, 9.17) is 21.3 Å². The van der Waals surface area contributed by atoms with E-state index in [1.54, 1.807) is 35.9 Å². The van der Waals surface area contributed by atoms with Crippen LogP contribution in [0.5, 0.6) is 5.75 Å². The topological polar surface area (TPSA) is 89.9 Å². The largest absolute Gasteiger partial charge is 0.497 e. The van der Waals surface area contributed by atoms with Crippen LogP contribution in [0.3, 0.4) is 0 Å². The van der Waals surface area contributed by atoms with Crippen LogP contribution in [0.1, 0.15) is 11.4 Å². The minimum absolute atomic E-state index is 0.126. The molecule has 0 aliphatic carbocycles. The van der Waals surface area contributed by atoms with E-state index in [2.05, 4.69) is 9.97 Å². The Morgan fingerprint density at radius 1 is 0.971 bits per heavy atom. The van der Waals surface area contributed by atoms with E-state index in [-0.39, 0.29) is 11.1 Å². The molecule has 0 atom stereocenters. The van der Waals surface area contributed by atoms with Crippen LogP contribution in [-0.4, -0.2) is 26.6 Å². The first-order valence-electron chi connectivity index (χ1n) is 10.5. The van der Waals surface area contributed by atoms with Gasteiger partial charge in [-0.05, 0) is 48.0 Å². The van der Waals surface area contributed by atoms with Gasteiger partial charge >= 0.3 is 0 Å². The van der Waals surface area contributed by atoms with Gasteiger partial charge in [-0.2, -0.15) is 0 Å². The second-order valence-corrected chi connectivity index (χ2v) is 8.99. The van der Waals surface area contributed by atoms with Crippen LogP contribution in [-0.2, 0) is 12.3 Å². The number of nitrogens with zero attached hydrogens (tertiary/aromatic N) is 3. The molecule has 0 saturated carbocycles.